The standard InChI is InChI=1S/C31H32F3N3O3/c1-21(2)37(30(39)23-10-14-26(40-3)15-11-23)20-29(38)36(19-22-8-12-25(13-9-22)31(32,33)34)17-16-24-18-35-28-7-5-4-6-27(24)28/h4-15,18,21,35H,16-17,19-20H2,1-3H3. The zero-order valence-electron chi connectivity index (χ0n) is 22.7. The van der Waals surface area contributed by atoms with Crippen molar-refractivity contribution in [1.82, 2.24) is 14.8 Å². The summed E-state index contributed by atoms with van der Waals surface area (Å²) in [5, 5.41) is 1.04. The Hall–Kier alpha value is -4.27. The van der Waals surface area contributed by atoms with E-state index < -0.39 is 11.7 Å². The molecule has 0 saturated heterocycles. The SMILES string of the molecule is COc1ccc(C(=O)N(CC(=O)N(CCc2c[nH]c3ccccc23)Cc2ccc(C(F)(F)F)cc2)C(C)C)cc1. The Kier molecular flexibility index (Phi) is 8.82. The van der Waals surface area contributed by atoms with E-state index in [0.29, 0.717) is 29.8 Å². The van der Waals surface area contributed by atoms with Crippen LogP contribution in [-0.4, -0.2) is 52.8 Å². The summed E-state index contributed by atoms with van der Waals surface area (Å²) in [7, 11) is 1.54. The van der Waals surface area contributed by atoms with Gasteiger partial charge in [-0.1, -0.05) is 30.3 Å². The third-order valence-corrected chi connectivity index (χ3v) is 6.86. The van der Waals surface area contributed by atoms with Gasteiger partial charge in [0.2, 0.25) is 5.91 Å². The number of nitrogens with zero attached hydrogens (tertiary/aromatic N) is 2. The predicted molar refractivity (Wildman–Crippen MR) is 148 cm³/mol. The Morgan fingerprint density at radius 3 is 2.25 bits per heavy atom. The highest BCUT2D eigenvalue weighted by Gasteiger charge is 2.30. The molecule has 0 radical (unpaired) electrons. The van der Waals surface area contributed by atoms with Crippen LogP contribution in [0.2, 0.25) is 0 Å². The van der Waals surface area contributed by atoms with Crippen LogP contribution in [0.3, 0.4) is 0 Å². The van der Waals surface area contributed by atoms with Crippen molar-refractivity contribution in [3.05, 3.63) is 101 Å². The van der Waals surface area contributed by atoms with Gasteiger partial charge < -0.3 is 19.5 Å². The molecule has 1 heterocycles. The van der Waals surface area contributed by atoms with Crippen LogP contribution in [-0.2, 0) is 23.9 Å². The lowest BCUT2D eigenvalue weighted by molar-refractivity contribution is -0.137. The maximum absolute atomic E-state index is 13.7. The highest BCUT2D eigenvalue weighted by atomic mass is 19.4. The summed E-state index contributed by atoms with van der Waals surface area (Å²) in [6, 6.07) is 19.1. The molecule has 0 fully saturated rings. The summed E-state index contributed by atoms with van der Waals surface area (Å²) >= 11 is 0. The second-order valence-corrected chi connectivity index (χ2v) is 9.87. The average Bonchev–Trinajstić information content (AvgIpc) is 3.36. The van der Waals surface area contributed by atoms with Crippen LogP contribution in [0.5, 0.6) is 5.75 Å². The van der Waals surface area contributed by atoms with E-state index in [-0.39, 0.29) is 30.9 Å². The van der Waals surface area contributed by atoms with E-state index in [9.17, 15) is 22.8 Å². The van der Waals surface area contributed by atoms with E-state index in [4.69, 9.17) is 4.74 Å². The molecule has 4 rings (SSSR count). The highest BCUT2D eigenvalue weighted by Crippen LogP contribution is 2.29. The van der Waals surface area contributed by atoms with Gasteiger partial charge in [0, 0.05) is 41.8 Å². The minimum atomic E-state index is -4.44. The first-order valence-corrected chi connectivity index (χ1v) is 13.0. The summed E-state index contributed by atoms with van der Waals surface area (Å²) in [4.78, 5) is 33.3. The van der Waals surface area contributed by atoms with Gasteiger partial charge in [0.25, 0.3) is 5.91 Å². The monoisotopic (exact) mass is 551 g/mol. The molecule has 4 aromatic rings. The van der Waals surface area contributed by atoms with Crippen LogP contribution in [0.25, 0.3) is 10.9 Å². The van der Waals surface area contributed by atoms with Crippen LogP contribution in [0.1, 0.15) is 40.9 Å². The van der Waals surface area contributed by atoms with Crippen LogP contribution in [0, 0.1) is 0 Å². The molecule has 0 aliphatic heterocycles. The van der Waals surface area contributed by atoms with Gasteiger partial charge in [-0.3, -0.25) is 9.59 Å². The fourth-order valence-electron chi connectivity index (χ4n) is 4.54. The number of carbonyl (C=O) groups is 2. The van der Waals surface area contributed by atoms with E-state index >= 15 is 0 Å². The predicted octanol–water partition coefficient (Wildman–Crippen LogP) is 6.32. The van der Waals surface area contributed by atoms with Gasteiger partial charge in [-0.2, -0.15) is 13.2 Å². The molecule has 0 aliphatic rings. The van der Waals surface area contributed by atoms with Crippen molar-refractivity contribution in [3.8, 4) is 5.75 Å². The molecular weight excluding hydrogens is 519 g/mol. The first-order chi connectivity index (χ1) is 19.1. The molecule has 0 unspecified atom stereocenters. The van der Waals surface area contributed by atoms with Crippen LogP contribution in [0.4, 0.5) is 13.2 Å². The number of hydrogen-bond acceptors (Lipinski definition) is 3. The number of amides is 2. The van der Waals surface area contributed by atoms with E-state index in [1.807, 2.05) is 44.3 Å². The quantitative estimate of drug-likeness (QED) is 0.251. The van der Waals surface area contributed by atoms with E-state index in [2.05, 4.69) is 4.98 Å². The number of para-hydroxylation sites is 1. The number of methoxy groups -OCH3 is 1. The molecule has 0 bridgehead atoms. The number of rotatable bonds is 10. The summed E-state index contributed by atoms with van der Waals surface area (Å²) < 4.78 is 44.4. The fraction of sp³-hybridized carbons (Fsp3) is 0.290. The second-order valence-electron chi connectivity index (χ2n) is 9.87. The van der Waals surface area contributed by atoms with Crippen molar-refractivity contribution in [1.29, 1.82) is 0 Å². The topological polar surface area (TPSA) is 65.6 Å². The van der Waals surface area contributed by atoms with Gasteiger partial charge in [-0.15, -0.1) is 0 Å². The highest BCUT2D eigenvalue weighted by molar-refractivity contribution is 5.96. The number of alkyl halides is 3. The van der Waals surface area contributed by atoms with Crippen molar-refractivity contribution in [2.45, 2.75) is 39.0 Å². The zero-order chi connectivity index (χ0) is 28.9. The number of fused-ring (bicyclic) bond motifs is 1. The van der Waals surface area contributed by atoms with E-state index in [0.717, 1.165) is 28.6 Å². The molecule has 1 N–H and O–H groups in total. The molecule has 0 atom stereocenters. The zero-order valence-corrected chi connectivity index (χ0v) is 22.7. The van der Waals surface area contributed by atoms with E-state index in [1.54, 1.807) is 29.2 Å². The van der Waals surface area contributed by atoms with Gasteiger partial charge in [-0.05, 0) is 73.9 Å². The lowest BCUT2D eigenvalue weighted by atomic mass is 10.1. The molecule has 6 nitrogen and oxygen atoms in total. The molecular formula is C31H32F3N3O3. The third-order valence-electron chi connectivity index (χ3n) is 6.86. The molecule has 40 heavy (non-hydrogen) atoms. The number of aromatic nitrogens is 1. The summed E-state index contributed by atoms with van der Waals surface area (Å²) in [6.45, 7) is 3.94. The van der Waals surface area contributed by atoms with Gasteiger partial charge in [0.05, 0.1) is 12.7 Å². The Morgan fingerprint density at radius 1 is 0.950 bits per heavy atom. The molecule has 3 aromatic carbocycles. The van der Waals surface area contributed by atoms with Crippen molar-refractivity contribution >= 4 is 22.7 Å². The largest absolute Gasteiger partial charge is 0.497 e. The Labute approximate surface area is 231 Å². The van der Waals surface area contributed by atoms with Crippen molar-refractivity contribution in [2.24, 2.45) is 0 Å². The molecule has 1 aromatic heterocycles. The normalized spacial score (nSPS) is 11.6. The summed E-state index contributed by atoms with van der Waals surface area (Å²) in [5.74, 6) is 0.0242. The fourth-order valence-corrected chi connectivity index (χ4v) is 4.54. The van der Waals surface area contributed by atoms with Crippen LogP contribution in [0.15, 0.2) is 79.0 Å². The third kappa shape index (κ3) is 6.83. The maximum Gasteiger partial charge on any atom is 0.416 e. The van der Waals surface area contributed by atoms with Gasteiger partial charge in [0.1, 0.15) is 12.3 Å². The van der Waals surface area contributed by atoms with Crippen molar-refractivity contribution in [2.75, 3.05) is 20.2 Å². The minimum absolute atomic E-state index is 0.113. The number of ether oxygens (including phenoxy) is 1. The average molecular weight is 552 g/mol. The van der Waals surface area contributed by atoms with Gasteiger partial charge in [0.15, 0.2) is 0 Å². The van der Waals surface area contributed by atoms with Crippen LogP contribution < -0.4 is 4.74 Å². The first kappa shape index (κ1) is 28.7. The number of carbonyl (C=O) groups excluding carboxylic acids is 2. The molecule has 0 aliphatic carbocycles. The molecule has 0 spiro atoms. The van der Waals surface area contributed by atoms with Crippen molar-refractivity contribution in [3.63, 3.8) is 0 Å². The number of aromatic amines is 1. The first-order valence-electron chi connectivity index (χ1n) is 13.0. The number of halogens is 3. The van der Waals surface area contributed by atoms with Gasteiger partial charge >= 0.3 is 6.18 Å². The molecule has 0 saturated carbocycles. The Bertz CT molecular complexity index is 1440. The number of nitrogens with one attached hydrogen (secondary N) is 1. The molecule has 9 heteroatoms. The van der Waals surface area contributed by atoms with Crippen molar-refractivity contribution < 1.29 is 27.5 Å². The summed E-state index contributed by atoms with van der Waals surface area (Å²) in [6.07, 6.45) is -2.01. The van der Waals surface area contributed by atoms with E-state index in [1.165, 1.54) is 24.1 Å². The number of H-pyrrole nitrogens is 1. The maximum atomic E-state index is 13.7. The Balaban J connectivity index is 1.55. The van der Waals surface area contributed by atoms with Crippen LogP contribution >= 0.6 is 0 Å². The molecule has 2 amide bonds. The number of benzene rings is 3. The lowest BCUT2D eigenvalue weighted by Gasteiger charge is -2.30. The summed E-state index contributed by atoms with van der Waals surface area (Å²) in [5.41, 5.74) is 2.25. The smallest absolute Gasteiger partial charge is 0.416 e. The lowest BCUT2D eigenvalue weighted by Crippen LogP contribution is -2.46. The minimum Gasteiger partial charge on any atom is -0.497 e. The number of hydrogen-bond donors (Lipinski definition) is 1. The Morgan fingerprint density at radius 2 is 1.62 bits per heavy atom. The molecule has 210 valence electrons. The van der Waals surface area contributed by atoms with Gasteiger partial charge in [-0.25, -0.2) is 0 Å². The second kappa shape index (κ2) is 12.3.